The van der Waals surface area contributed by atoms with Gasteiger partial charge in [-0.15, -0.1) is 0 Å². The molecule has 0 bridgehead atoms. The van der Waals surface area contributed by atoms with Crippen LogP contribution in [0, 0.1) is 0 Å². The van der Waals surface area contributed by atoms with Crippen LogP contribution in [0.25, 0.3) is 10.9 Å². The standard InChI is InChI=1S/C22H20N2O3/c25-20(24-12-10-16-5-1-2-6-19(16)14-24)15-27-21(26)13-18-8-3-7-17-9-4-11-23-22(17)18/h1-9,11H,10,12-15H2. The smallest absolute Gasteiger partial charge is 0.310 e. The zero-order valence-corrected chi connectivity index (χ0v) is 14.9. The molecular weight excluding hydrogens is 340 g/mol. The molecule has 1 aliphatic rings. The first-order valence-corrected chi connectivity index (χ1v) is 9.03. The van der Waals surface area contributed by atoms with Gasteiger partial charge in [-0.25, -0.2) is 0 Å². The van der Waals surface area contributed by atoms with Gasteiger partial charge in [-0.1, -0.05) is 48.5 Å². The van der Waals surface area contributed by atoms with E-state index in [4.69, 9.17) is 4.74 Å². The van der Waals surface area contributed by atoms with E-state index in [9.17, 15) is 9.59 Å². The van der Waals surface area contributed by atoms with Gasteiger partial charge < -0.3 is 9.64 Å². The zero-order chi connectivity index (χ0) is 18.6. The van der Waals surface area contributed by atoms with Crippen LogP contribution in [0.15, 0.2) is 60.8 Å². The molecule has 2 heterocycles. The summed E-state index contributed by atoms with van der Waals surface area (Å²) in [5.74, 6) is -0.576. The Bertz CT molecular complexity index is 994. The van der Waals surface area contributed by atoms with Crippen LogP contribution >= 0.6 is 0 Å². The topological polar surface area (TPSA) is 59.5 Å². The molecule has 0 saturated carbocycles. The number of esters is 1. The van der Waals surface area contributed by atoms with Crippen molar-refractivity contribution in [2.24, 2.45) is 0 Å². The van der Waals surface area contributed by atoms with Gasteiger partial charge in [0, 0.05) is 24.7 Å². The van der Waals surface area contributed by atoms with Crippen molar-refractivity contribution in [1.82, 2.24) is 9.88 Å². The fraction of sp³-hybridized carbons (Fsp3) is 0.227. The van der Waals surface area contributed by atoms with Crippen LogP contribution < -0.4 is 0 Å². The van der Waals surface area contributed by atoms with Crippen molar-refractivity contribution in [3.05, 3.63) is 77.5 Å². The average Bonchev–Trinajstić information content (AvgIpc) is 2.72. The number of pyridine rings is 1. The van der Waals surface area contributed by atoms with Crippen molar-refractivity contribution < 1.29 is 14.3 Å². The first-order chi connectivity index (χ1) is 13.2. The number of fused-ring (bicyclic) bond motifs is 2. The van der Waals surface area contributed by atoms with Crippen LogP contribution in [0.5, 0.6) is 0 Å². The highest BCUT2D eigenvalue weighted by atomic mass is 16.5. The first kappa shape index (κ1) is 17.2. The maximum absolute atomic E-state index is 12.4. The van der Waals surface area contributed by atoms with Crippen LogP contribution in [-0.4, -0.2) is 34.9 Å². The molecule has 4 rings (SSSR count). The number of nitrogens with zero attached hydrogens (tertiary/aromatic N) is 2. The van der Waals surface area contributed by atoms with E-state index in [2.05, 4.69) is 11.1 Å². The van der Waals surface area contributed by atoms with Gasteiger partial charge in [0.15, 0.2) is 6.61 Å². The first-order valence-electron chi connectivity index (χ1n) is 9.03. The molecule has 0 atom stereocenters. The van der Waals surface area contributed by atoms with Crippen molar-refractivity contribution in [2.75, 3.05) is 13.2 Å². The lowest BCUT2D eigenvalue weighted by Gasteiger charge is -2.28. The minimum Gasteiger partial charge on any atom is -0.455 e. The summed E-state index contributed by atoms with van der Waals surface area (Å²) in [6.07, 6.45) is 2.64. The van der Waals surface area contributed by atoms with Crippen molar-refractivity contribution in [3.63, 3.8) is 0 Å². The predicted octanol–water partition coefficient (Wildman–Crippen LogP) is 2.91. The van der Waals surface area contributed by atoms with E-state index in [1.54, 1.807) is 11.1 Å². The monoisotopic (exact) mass is 360 g/mol. The maximum atomic E-state index is 12.4. The van der Waals surface area contributed by atoms with Crippen molar-refractivity contribution in [2.45, 2.75) is 19.4 Å². The summed E-state index contributed by atoms with van der Waals surface area (Å²) < 4.78 is 5.24. The Balaban J connectivity index is 1.35. The molecule has 0 unspecified atom stereocenters. The van der Waals surface area contributed by atoms with Crippen molar-refractivity contribution in [1.29, 1.82) is 0 Å². The summed E-state index contributed by atoms with van der Waals surface area (Å²) >= 11 is 0. The Morgan fingerprint density at radius 3 is 2.70 bits per heavy atom. The maximum Gasteiger partial charge on any atom is 0.310 e. The zero-order valence-electron chi connectivity index (χ0n) is 14.9. The van der Waals surface area contributed by atoms with Crippen molar-refractivity contribution >= 4 is 22.8 Å². The van der Waals surface area contributed by atoms with Crippen LogP contribution in [0.4, 0.5) is 0 Å². The molecule has 0 radical (unpaired) electrons. The van der Waals surface area contributed by atoms with E-state index in [1.807, 2.05) is 48.5 Å². The summed E-state index contributed by atoms with van der Waals surface area (Å²) in [5, 5.41) is 0.978. The number of amides is 1. The number of hydrogen-bond acceptors (Lipinski definition) is 4. The Morgan fingerprint density at radius 2 is 1.81 bits per heavy atom. The molecule has 1 amide bonds. The van der Waals surface area contributed by atoms with E-state index < -0.39 is 5.97 Å². The lowest BCUT2D eigenvalue weighted by atomic mass is 10.00. The van der Waals surface area contributed by atoms with Gasteiger partial charge in [0.25, 0.3) is 5.91 Å². The normalized spacial score (nSPS) is 13.3. The molecule has 27 heavy (non-hydrogen) atoms. The third-order valence-electron chi connectivity index (χ3n) is 4.89. The summed E-state index contributed by atoms with van der Waals surface area (Å²) in [4.78, 5) is 30.7. The minimum absolute atomic E-state index is 0.102. The molecule has 0 aliphatic carbocycles. The van der Waals surface area contributed by atoms with E-state index in [1.165, 1.54) is 5.56 Å². The number of ether oxygens (including phenoxy) is 1. The van der Waals surface area contributed by atoms with Gasteiger partial charge >= 0.3 is 5.97 Å². The molecule has 2 aromatic carbocycles. The molecule has 3 aromatic rings. The van der Waals surface area contributed by atoms with Crippen LogP contribution in [0.3, 0.4) is 0 Å². The van der Waals surface area contributed by atoms with Gasteiger partial charge in [-0.05, 0) is 29.2 Å². The number of carbonyl (C=O) groups excluding carboxylic acids is 2. The highest BCUT2D eigenvalue weighted by Gasteiger charge is 2.21. The minimum atomic E-state index is -0.418. The Kier molecular flexibility index (Phi) is 4.83. The quantitative estimate of drug-likeness (QED) is 0.671. The fourth-order valence-corrected chi connectivity index (χ4v) is 3.46. The van der Waals surface area contributed by atoms with E-state index in [0.29, 0.717) is 13.1 Å². The van der Waals surface area contributed by atoms with Crippen LogP contribution in [0.1, 0.15) is 16.7 Å². The molecule has 0 N–H and O–H groups in total. The third kappa shape index (κ3) is 3.82. The van der Waals surface area contributed by atoms with Gasteiger partial charge in [0.2, 0.25) is 0 Å². The molecule has 136 valence electrons. The predicted molar refractivity (Wildman–Crippen MR) is 102 cm³/mol. The second-order valence-corrected chi connectivity index (χ2v) is 6.66. The SMILES string of the molecule is O=C(Cc1cccc2cccnc12)OCC(=O)N1CCc2ccccc2C1. The third-order valence-corrected chi connectivity index (χ3v) is 4.89. The molecule has 5 nitrogen and oxygen atoms in total. The number of rotatable bonds is 4. The molecule has 1 aliphatic heterocycles. The molecule has 0 fully saturated rings. The Labute approximate surface area is 157 Å². The second kappa shape index (κ2) is 7.58. The molecule has 0 saturated heterocycles. The van der Waals surface area contributed by atoms with E-state index in [0.717, 1.165) is 28.5 Å². The molecule has 5 heteroatoms. The summed E-state index contributed by atoms with van der Waals surface area (Å²) in [6.45, 7) is 1.000. The Morgan fingerprint density at radius 1 is 1.00 bits per heavy atom. The van der Waals surface area contributed by atoms with Gasteiger partial charge in [0.1, 0.15) is 0 Å². The van der Waals surface area contributed by atoms with Crippen LogP contribution in [-0.2, 0) is 33.7 Å². The van der Waals surface area contributed by atoms with Gasteiger partial charge in [-0.2, -0.15) is 0 Å². The fourth-order valence-electron chi connectivity index (χ4n) is 3.46. The highest BCUT2D eigenvalue weighted by molar-refractivity contribution is 5.87. The highest BCUT2D eigenvalue weighted by Crippen LogP contribution is 2.19. The number of aromatic nitrogens is 1. The van der Waals surface area contributed by atoms with Gasteiger partial charge in [-0.3, -0.25) is 14.6 Å². The number of para-hydroxylation sites is 1. The van der Waals surface area contributed by atoms with Crippen molar-refractivity contribution in [3.8, 4) is 0 Å². The lowest BCUT2D eigenvalue weighted by Crippen LogP contribution is -2.38. The largest absolute Gasteiger partial charge is 0.455 e. The van der Waals surface area contributed by atoms with E-state index in [-0.39, 0.29) is 18.9 Å². The second-order valence-electron chi connectivity index (χ2n) is 6.66. The van der Waals surface area contributed by atoms with E-state index >= 15 is 0 Å². The molecule has 1 aromatic heterocycles. The number of carbonyl (C=O) groups is 2. The summed E-state index contributed by atoms with van der Waals surface area (Å²) in [6, 6.07) is 17.6. The average molecular weight is 360 g/mol. The number of benzene rings is 2. The summed E-state index contributed by atoms with van der Waals surface area (Å²) in [5.41, 5.74) is 4.03. The summed E-state index contributed by atoms with van der Waals surface area (Å²) in [7, 11) is 0. The lowest BCUT2D eigenvalue weighted by molar-refractivity contribution is -0.151. The number of hydrogen-bond donors (Lipinski definition) is 0. The molecule has 0 spiro atoms. The molecular formula is C22H20N2O3. The van der Waals surface area contributed by atoms with Gasteiger partial charge in [0.05, 0.1) is 11.9 Å². The van der Waals surface area contributed by atoms with Crippen LogP contribution in [0.2, 0.25) is 0 Å². The Hall–Kier alpha value is -3.21.